The Morgan fingerprint density at radius 1 is 0.532 bits per heavy atom. The van der Waals surface area contributed by atoms with Gasteiger partial charge in [0.05, 0.1) is 96.1 Å². The maximum Gasteiger partial charge on any atom is 0.341 e. The van der Waals surface area contributed by atoms with E-state index in [4.69, 9.17) is 14.2 Å². The van der Waals surface area contributed by atoms with Gasteiger partial charge in [-0.05, 0) is 111 Å². The number of para-hydroxylation sites is 4. The van der Waals surface area contributed by atoms with Gasteiger partial charge in [-0.3, -0.25) is 19.2 Å². The van der Waals surface area contributed by atoms with Gasteiger partial charge in [0.25, 0.3) is 23.6 Å². The molecule has 10 N–H and O–H groups in total. The van der Waals surface area contributed by atoms with Crippen molar-refractivity contribution < 1.29 is 63.7 Å². The highest BCUT2D eigenvalue weighted by atomic mass is 32.2. The molecule has 0 spiro atoms. The van der Waals surface area contributed by atoms with Gasteiger partial charge in [-0.1, -0.05) is 97.4 Å². The number of carboxylic acids is 1. The number of fused-ring (bicyclic) bond motifs is 39. The van der Waals surface area contributed by atoms with Crippen molar-refractivity contribution in [3.05, 3.63) is 178 Å². The number of carbonyl (C=O) groups excluding carboxylic acids is 4. The van der Waals surface area contributed by atoms with Gasteiger partial charge in [-0.25, -0.2) is 4.79 Å². The fraction of sp³-hybridized carbons (Fsp3) is 0.314. The SMILES string of the molecule is CC12OC(C[C@]1(O)C(=O)O)n1c3ccccc3c3c4c(c5c6ccccc6n2c5c31)CNC4=O.CCSCc1ccc2c(c1)c1c3c(c4c5cc(C)ccc5n5c4c1n2C1C[C@H](NC)[C@@H](CO)C5(C)O1)CNC3=O.C[C@]12O[C@H](C[C@]1(O)C(=O)NCCO)n1c3ccccc3c3c4c(c5c6ccccc6n2c5c31)CNC4=O. The molecule has 9 aliphatic rings. The lowest BCUT2D eigenvalue weighted by atomic mass is 9.84. The number of aliphatic hydroxyl groups excluding tert-OH is 2. The van der Waals surface area contributed by atoms with Gasteiger partial charge in [-0.15, -0.1) is 0 Å². The molecule has 9 aliphatic heterocycles. The molecular formula is C86H77N11O13S. The van der Waals surface area contributed by atoms with Crippen LogP contribution in [0.5, 0.6) is 0 Å². The molecule has 15 heterocycles. The first kappa shape index (κ1) is 67.1. The number of thioether (sulfide) groups is 1. The van der Waals surface area contributed by atoms with Crippen molar-refractivity contribution in [1.82, 2.24) is 54.0 Å². The van der Waals surface area contributed by atoms with Crippen molar-refractivity contribution in [2.45, 2.75) is 132 Å². The number of carboxylic acid groups (broad SMARTS) is 1. The zero-order valence-electron chi connectivity index (χ0n) is 61.5. The van der Waals surface area contributed by atoms with Crippen LogP contribution in [-0.4, -0.2) is 132 Å². The molecule has 24 rings (SSSR count). The summed E-state index contributed by atoms with van der Waals surface area (Å²) in [7, 11) is 1.98. The molecule has 4 unspecified atom stereocenters. The summed E-state index contributed by atoms with van der Waals surface area (Å²) in [5, 5.41) is 81.2. The smallest absolute Gasteiger partial charge is 0.341 e. The van der Waals surface area contributed by atoms with Gasteiger partial charge in [0.15, 0.2) is 22.8 Å². The van der Waals surface area contributed by atoms with Gasteiger partial charge in [0, 0.05) is 128 Å². The van der Waals surface area contributed by atoms with Crippen LogP contribution in [0.3, 0.4) is 0 Å². The second kappa shape index (κ2) is 22.7. The molecule has 3 fully saturated rings. The topological polar surface area (TPSA) is 304 Å². The second-order valence-corrected chi connectivity index (χ2v) is 33.0. The van der Waals surface area contributed by atoms with Gasteiger partial charge in [-0.2, -0.15) is 11.8 Å². The predicted molar refractivity (Wildman–Crippen MR) is 424 cm³/mol. The van der Waals surface area contributed by atoms with Gasteiger partial charge < -0.3 is 93.7 Å². The van der Waals surface area contributed by atoms with E-state index in [1.807, 2.05) is 130 Å². The third-order valence-electron chi connectivity index (χ3n) is 26.5. The normalized spacial score (nSPS) is 26.1. The number of nitrogens with one attached hydrogen (secondary N) is 5. The quantitative estimate of drug-likeness (QED) is 0.0642. The van der Waals surface area contributed by atoms with E-state index in [0.29, 0.717) is 30.8 Å². The Bertz CT molecular complexity index is 6880. The average Bonchev–Trinajstić information content (AvgIpc) is 1.48. The molecule has 15 aromatic rings. The largest absolute Gasteiger partial charge is 0.479 e. The number of benzene rings is 9. The Hall–Kier alpha value is -10.8. The second-order valence-electron chi connectivity index (χ2n) is 31.7. The summed E-state index contributed by atoms with van der Waals surface area (Å²) in [6.45, 7) is 10.9. The van der Waals surface area contributed by atoms with Crippen LogP contribution in [0.4, 0.5) is 0 Å². The van der Waals surface area contributed by atoms with E-state index in [1.165, 1.54) is 11.1 Å². The molecule has 6 aromatic heterocycles. The van der Waals surface area contributed by atoms with Crippen molar-refractivity contribution in [1.29, 1.82) is 0 Å². The molecular weight excluding hydrogens is 1430 g/mol. The summed E-state index contributed by atoms with van der Waals surface area (Å²) in [5.74, 6) is -0.289. The number of rotatable bonds is 9. The number of hydrogen-bond donors (Lipinski definition) is 10. The lowest BCUT2D eigenvalue weighted by molar-refractivity contribution is -0.234. The van der Waals surface area contributed by atoms with Gasteiger partial charge >= 0.3 is 5.97 Å². The number of hydrogen-bond acceptors (Lipinski definition) is 14. The molecule has 111 heavy (non-hydrogen) atoms. The number of ether oxygens (including phenoxy) is 3. The van der Waals surface area contributed by atoms with Crippen LogP contribution in [0.15, 0.2) is 133 Å². The Kier molecular flexibility index (Phi) is 13.7. The minimum absolute atomic E-state index is 0.00137. The van der Waals surface area contributed by atoms with E-state index in [2.05, 4.69) is 97.5 Å². The van der Waals surface area contributed by atoms with Crippen molar-refractivity contribution >= 4 is 172 Å². The standard InChI is InChI=1S/C32H34N4O3S.C28H24N4O5.C26H19N3O5/c1-5-40-15-17-7-9-23-19(11-17)27-28-20(13-34-31(28)38)26-18-10-16(2)6-8-24(18)36-30(26)29(27)35(23)25-12-22(33-4)21(14-37)32(36,3)39-25;1-27-28(36,26(35)29-10-11-33)12-19(37-27)31-17-8-4-2-6-14(17)21-22-16(13-30-25(22)34)20-15-7-3-5-9-18(15)32(27)24(20)23(21)31;1-25-26(33,24(31)32)10-17(34-25)28-15-8-4-2-6-12(15)19-20-14(11-27-23(20)30)18-13-7-3-5-9-16(13)29(25)22(18)21(19)28/h6-11,21-22,25,33,37H,5,12-15H2,1-4H3,(H,34,38);2-9,19,33,36H,10-13H2,1H3,(H,29,35)(H,30,34);2-9,17,33H,10-11H2,1H3,(H,27,30)(H,31,32)/t21-,22+,25?,32?;19-,27+,28+;17?,25?,26-/m110/s1. The number of amides is 4. The monoisotopic (exact) mass is 1500 g/mol. The molecule has 25 heteroatoms. The molecule has 0 saturated carbocycles. The molecule has 560 valence electrons. The summed E-state index contributed by atoms with van der Waals surface area (Å²) in [4.78, 5) is 66.1. The summed E-state index contributed by atoms with van der Waals surface area (Å²) in [6, 6.07) is 44.6. The molecule has 0 radical (unpaired) electrons. The third kappa shape index (κ3) is 8.04. The zero-order valence-corrected chi connectivity index (χ0v) is 62.3. The number of aromatic nitrogens is 6. The molecule has 3 saturated heterocycles. The minimum atomic E-state index is -2.16. The lowest BCUT2D eigenvalue weighted by Gasteiger charge is -2.48. The van der Waals surface area contributed by atoms with E-state index in [9.17, 15) is 49.5 Å². The number of aliphatic carboxylic acids is 1. The number of carbonyl (C=O) groups is 5. The van der Waals surface area contributed by atoms with E-state index >= 15 is 0 Å². The number of nitrogens with zero attached hydrogens (tertiary/aromatic N) is 6. The Morgan fingerprint density at radius 2 is 0.964 bits per heavy atom. The zero-order chi connectivity index (χ0) is 75.9. The highest BCUT2D eigenvalue weighted by Crippen LogP contribution is 2.62. The Balaban J connectivity index is 0.000000103. The van der Waals surface area contributed by atoms with Crippen molar-refractivity contribution in [3.63, 3.8) is 0 Å². The maximum absolute atomic E-state index is 13.6. The molecule has 9 aromatic carbocycles. The minimum Gasteiger partial charge on any atom is -0.479 e. The number of aliphatic hydroxyl groups is 4. The first-order valence-electron chi connectivity index (χ1n) is 38.1. The Morgan fingerprint density at radius 3 is 1.47 bits per heavy atom. The highest BCUT2D eigenvalue weighted by molar-refractivity contribution is 7.98. The van der Waals surface area contributed by atoms with Crippen molar-refractivity contribution in [2.75, 3.05) is 32.6 Å². The first-order chi connectivity index (χ1) is 53.7. The molecule has 4 amide bonds. The molecule has 10 atom stereocenters. The number of aryl methyl sites for hydroxylation is 1. The predicted octanol–water partition coefficient (Wildman–Crippen LogP) is 11.7. The molecule has 0 aliphatic carbocycles. The fourth-order valence-corrected chi connectivity index (χ4v) is 22.4. The Labute approximate surface area is 635 Å². The fourth-order valence-electron chi connectivity index (χ4n) is 21.8. The van der Waals surface area contributed by atoms with Crippen LogP contribution >= 0.6 is 11.8 Å². The van der Waals surface area contributed by atoms with Gasteiger partial charge in [0.1, 0.15) is 18.7 Å². The maximum atomic E-state index is 13.6. The van der Waals surface area contributed by atoms with Crippen molar-refractivity contribution in [2.24, 2.45) is 5.92 Å². The third-order valence-corrected chi connectivity index (χ3v) is 27.4. The van der Waals surface area contributed by atoms with E-state index < -0.39 is 52.7 Å². The van der Waals surface area contributed by atoms with Crippen LogP contribution in [0.1, 0.15) is 125 Å². The average molecular weight is 1500 g/mol. The lowest BCUT2D eigenvalue weighted by Crippen LogP contribution is -2.59. The van der Waals surface area contributed by atoms with Crippen molar-refractivity contribution in [3.8, 4) is 0 Å². The van der Waals surface area contributed by atoms with E-state index in [-0.39, 0.29) is 68.5 Å². The van der Waals surface area contributed by atoms with Crippen LogP contribution in [0.25, 0.3) is 131 Å². The summed E-state index contributed by atoms with van der Waals surface area (Å²) >= 11 is 1.91. The molecule has 6 bridgehead atoms. The van der Waals surface area contributed by atoms with Gasteiger partial charge in [0.2, 0.25) is 5.60 Å². The summed E-state index contributed by atoms with van der Waals surface area (Å²) < 4.78 is 33.0. The van der Waals surface area contributed by atoms with Crippen LogP contribution in [-0.2, 0) is 66.4 Å². The van der Waals surface area contributed by atoms with Crippen LogP contribution in [0.2, 0.25) is 0 Å². The van der Waals surface area contributed by atoms with E-state index in [0.717, 1.165) is 171 Å². The highest BCUT2D eigenvalue weighted by Gasteiger charge is 2.67. The van der Waals surface area contributed by atoms with E-state index in [1.54, 1.807) is 13.8 Å². The first-order valence-corrected chi connectivity index (χ1v) is 39.2. The molecule has 24 nitrogen and oxygen atoms in total. The van der Waals surface area contributed by atoms with Crippen LogP contribution < -0.4 is 26.6 Å². The summed E-state index contributed by atoms with van der Waals surface area (Å²) in [6.07, 6.45) is -1.04. The van der Waals surface area contributed by atoms with Crippen LogP contribution in [0, 0.1) is 12.8 Å². The summed E-state index contributed by atoms with van der Waals surface area (Å²) in [5.41, 5.74) is 10.5.